The van der Waals surface area contributed by atoms with Crippen molar-refractivity contribution in [1.82, 2.24) is 23.5 Å². The minimum atomic E-state index is -0.135. The Hall–Kier alpha value is -4.33. The molecule has 152 valence electrons. The molecule has 0 saturated heterocycles. The van der Waals surface area contributed by atoms with E-state index in [-0.39, 0.29) is 5.69 Å². The van der Waals surface area contributed by atoms with Crippen LogP contribution in [0.5, 0.6) is 11.5 Å². The van der Waals surface area contributed by atoms with Gasteiger partial charge >= 0.3 is 5.69 Å². The van der Waals surface area contributed by atoms with Crippen molar-refractivity contribution in [2.75, 3.05) is 11.9 Å². The van der Waals surface area contributed by atoms with Crippen LogP contribution < -0.4 is 15.3 Å². The van der Waals surface area contributed by atoms with Crippen molar-refractivity contribution in [2.45, 2.75) is 0 Å². The highest BCUT2D eigenvalue weighted by atomic mass is 16.5. The number of imidazole rings is 2. The van der Waals surface area contributed by atoms with Crippen LogP contribution in [0.1, 0.15) is 0 Å². The van der Waals surface area contributed by atoms with E-state index in [9.17, 15) is 4.79 Å². The van der Waals surface area contributed by atoms with E-state index in [1.54, 1.807) is 30.2 Å². The van der Waals surface area contributed by atoms with Gasteiger partial charge in [-0.3, -0.25) is 13.5 Å². The van der Waals surface area contributed by atoms with Gasteiger partial charge in [0, 0.05) is 49.8 Å². The first-order valence-corrected chi connectivity index (χ1v) is 9.77. The molecular weight excluding hydrogens is 392 g/mol. The van der Waals surface area contributed by atoms with Gasteiger partial charge in [-0.15, -0.1) is 0 Å². The summed E-state index contributed by atoms with van der Waals surface area (Å²) in [5.41, 5.74) is 3.25. The second-order valence-electron chi connectivity index (χ2n) is 7.52. The Morgan fingerprint density at radius 3 is 2.61 bits per heavy atom. The van der Waals surface area contributed by atoms with E-state index in [0.29, 0.717) is 17.1 Å². The molecule has 1 aliphatic rings. The zero-order chi connectivity index (χ0) is 21.3. The molecule has 0 N–H and O–H groups in total. The maximum absolute atomic E-state index is 12.5. The quantitative estimate of drug-likeness (QED) is 0.444. The number of ether oxygens (including phenoxy) is 1. The summed E-state index contributed by atoms with van der Waals surface area (Å²) in [4.78, 5) is 23.4. The molecule has 0 unspecified atom stereocenters. The first kappa shape index (κ1) is 17.5. The van der Waals surface area contributed by atoms with E-state index in [0.717, 1.165) is 33.8 Å². The van der Waals surface area contributed by atoms with Gasteiger partial charge in [0.25, 0.3) is 0 Å². The fourth-order valence-corrected chi connectivity index (χ4v) is 4.17. The summed E-state index contributed by atoms with van der Waals surface area (Å²) in [6.07, 6.45) is 6.95. The monoisotopic (exact) mass is 410 g/mol. The molecule has 0 aliphatic carbocycles. The van der Waals surface area contributed by atoms with Crippen LogP contribution in [0, 0.1) is 0 Å². The lowest BCUT2D eigenvalue weighted by molar-refractivity contribution is 0.483. The van der Waals surface area contributed by atoms with Gasteiger partial charge in [-0.25, -0.2) is 14.8 Å². The van der Waals surface area contributed by atoms with E-state index < -0.39 is 0 Å². The topological polar surface area (TPSA) is 69.6 Å². The predicted molar refractivity (Wildman–Crippen MR) is 119 cm³/mol. The van der Waals surface area contributed by atoms with Gasteiger partial charge in [0.2, 0.25) is 0 Å². The number of benzene rings is 2. The van der Waals surface area contributed by atoms with Crippen molar-refractivity contribution < 1.29 is 4.74 Å². The van der Waals surface area contributed by atoms with Crippen molar-refractivity contribution >= 4 is 28.1 Å². The minimum Gasteiger partial charge on any atom is -0.457 e. The molecule has 4 heterocycles. The average molecular weight is 410 g/mol. The average Bonchev–Trinajstić information content (AvgIpc) is 3.46. The lowest BCUT2D eigenvalue weighted by Gasteiger charge is -2.30. The molecule has 2 aromatic carbocycles. The van der Waals surface area contributed by atoms with Crippen LogP contribution in [-0.4, -0.2) is 30.6 Å². The van der Waals surface area contributed by atoms with Gasteiger partial charge in [0.1, 0.15) is 28.8 Å². The Morgan fingerprint density at radius 1 is 0.968 bits per heavy atom. The SMILES string of the molecule is C=C1N(C)c2ccc(Oc3ccc4c(c3)c3nccn3c(=O)n4C)cc2-c2nccn21. The van der Waals surface area contributed by atoms with Gasteiger partial charge in [-0.05, 0) is 36.4 Å². The molecule has 31 heavy (non-hydrogen) atoms. The summed E-state index contributed by atoms with van der Waals surface area (Å²) >= 11 is 0. The number of anilines is 1. The zero-order valence-electron chi connectivity index (χ0n) is 17.0. The molecule has 0 bridgehead atoms. The molecule has 5 aromatic rings. The van der Waals surface area contributed by atoms with Crippen LogP contribution in [0.15, 0.2) is 72.6 Å². The van der Waals surface area contributed by atoms with E-state index in [1.165, 1.54) is 4.40 Å². The molecule has 3 aromatic heterocycles. The Balaban J connectivity index is 1.46. The third-order valence-corrected chi connectivity index (χ3v) is 5.82. The van der Waals surface area contributed by atoms with Crippen molar-refractivity contribution in [2.24, 2.45) is 7.05 Å². The number of fused-ring (bicyclic) bond motifs is 6. The first-order chi connectivity index (χ1) is 15.0. The number of aromatic nitrogens is 5. The van der Waals surface area contributed by atoms with Crippen LogP contribution in [-0.2, 0) is 7.05 Å². The standard InChI is InChI=1S/C23H18N6O2/c1-14-26(2)19-6-4-15(12-17(19)21-24-8-10-28(14)21)31-16-5-7-20-18(13-16)22-25-9-11-29(22)23(30)27(20)3/h4-13H,1H2,2-3H3. The highest BCUT2D eigenvalue weighted by Gasteiger charge is 2.24. The number of nitrogens with zero attached hydrogens (tertiary/aromatic N) is 6. The zero-order valence-corrected chi connectivity index (χ0v) is 17.0. The summed E-state index contributed by atoms with van der Waals surface area (Å²) in [6.45, 7) is 4.15. The van der Waals surface area contributed by atoms with Gasteiger partial charge in [0.05, 0.1) is 11.2 Å². The highest BCUT2D eigenvalue weighted by Crippen LogP contribution is 2.40. The molecule has 0 spiro atoms. The number of aryl methyl sites for hydroxylation is 1. The second kappa shape index (κ2) is 6.09. The van der Waals surface area contributed by atoms with Crippen LogP contribution in [0.3, 0.4) is 0 Å². The van der Waals surface area contributed by atoms with Crippen molar-refractivity contribution in [3.05, 3.63) is 78.2 Å². The number of hydrogen-bond acceptors (Lipinski definition) is 5. The van der Waals surface area contributed by atoms with Crippen molar-refractivity contribution in [3.63, 3.8) is 0 Å². The fourth-order valence-electron chi connectivity index (χ4n) is 4.17. The van der Waals surface area contributed by atoms with Crippen LogP contribution in [0.25, 0.3) is 33.8 Å². The summed E-state index contributed by atoms with van der Waals surface area (Å²) < 4.78 is 11.3. The van der Waals surface area contributed by atoms with E-state index in [1.807, 2.05) is 59.1 Å². The highest BCUT2D eigenvalue weighted by molar-refractivity contribution is 5.92. The molecule has 8 nitrogen and oxygen atoms in total. The van der Waals surface area contributed by atoms with E-state index >= 15 is 0 Å². The van der Waals surface area contributed by atoms with Gasteiger partial charge < -0.3 is 9.64 Å². The largest absolute Gasteiger partial charge is 0.457 e. The Bertz CT molecular complexity index is 1590. The van der Waals surface area contributed by atoms with Crippen LogP contribution in [0.2, 0.25) is 0 Å². The van der Waals surface area contributed by atoms with Crippen molar-refractivity contribution in [3.8, 4) is 22.9 Å². The minimum absolute atomic E-state index is 0.135. The molecule has 1 aliphatic heterocycles. The molecule has 6 rings (SSSR count). The number of rotatable bonds is 2. The van der Waals surface area contributed by atoms with Crippen molar-refractivity contribution in [1.29, 1.82) is 0 Å². The molecule has 0 fully saturated rings. The smallest absolute Gasteiger partial charge is 0.334 e. The lowest BCUT2D eigenvalue weighted by Crippen LogP contribution is -2.24. The van der Waals surface area contributed by atoms with E-state index in [4.69, 9.17) is 4.74 Å². The molecule has 0 amide bonds. The molecular formula is C23H18N6O2. The fraction of sp³-hybridized carbons (Fsp3) is 0.0870. The van der Waals surface area contributed by atoms with Crippen LogP contribution in [0.4, 0.5) is 5.69 Å². The number of hydrogen-bond donors (Lipinski definition) is 0. The third kappa shape index (κ3) is 2.38. The molecule has 0 atom stereocenters. The molecule has 0 radical (unpaired) electrons. The Labute approximate surface area is 176 Å². The predicted octanol–water partition coefficient (Wildman–Crippen LogP) is 3.72. The maximum atomic E-state index is 12.5. The van der Waals surface area contributed by atoms with E-state index in [2.05, 4.69) is 16.5 Å². The molecule has 8 heteroatoms. The Morgan fingerprint density at radius 2 is 1.74 bits per heavy atom. The summed E-state index contributed by atoms with van der Waals surface area (Å²) in [5, 5.41) is 0.842. The third-order valence-electron chi connectivity index (χ3n) is 5.82. The lowest BCUT2D eigenvalue weighted by atomic mass is 10.1. The Kier molecular flexibility index (Phi) is 3.44. The van der Waals surface area contributed by atoms with Gasteiger partial charge in [0.15, 0.2) is 0 Å². The first-order valence-electron chi connectivity index (χ1n) is 9.77. The summed E-state index contributed by atoms with van der Waals surface area (Å²) in [7, 11) is 3.73. The summed E-state index contributed by atoms with van der Waals surface area (Å²) in [5.74, 6) is 3.03. The van der Waals surface area contributed by atoms with Gasteiger partial charge in [-0.1, -0.05) is 6.58 Å². The normalized spacial score (nSPS) is 13.0. The maximum Gasteiger partial charge on any atom is 0.334 e. The summed E-state index contributed by atoms with van der Waals surface area (Å²) in [6, 6.07) is 11.6. The second-order valence-corrected chi connectivity index (χ2v) is 7.52. The molecule has 0 saturated carbocycles. The van der Waals surface area contributed by atoms with Gasteiger partial charge in [-0.2, -0.15) is 0 Å². The van der Waals surface area contributed by atoms with Crippen LogP contribution >= 0.6 is 0 Å².